The number of hydrogen-bond donors (Lipinski definition) is 6. The van der Waals surface area contributed by atoms with Crippen LogP contribution in [0.5, 0.6) is 0 Å². The smallest absolute Gasteiger partial charge is 0.129 e. The molecule has 36 heavy (non-hydrogen) atoms. The summed E-state index contributed by atoms with van der Waals surface area (Å²) in [4.78, 5) is 0. The molecule has 0 aromatic carbocycles. The Bertz CT molecular complexity index is 1260. The second-order valence-electron chi connectivity index (χ2n) is 14.1. The number of rotatable bonds is 5. The molecule has 7 saturated carbocycles. The Labute approximate surface area is 213 Å². The summed E-state index contributed by atoms with van der Waals surface area (Å²) >= 11 is 0. The molecule has 6 N–H and O–H groups in total. The van der Waals surface area contributed by atoms with Gasteiger partial charge >= 0.3 is 0 Å². The molecule has 1 aliphatic heterocycles. The summed E-state index contributed by atoms with van der Waals surface area (Å²) in [5.74, 6) is 4.81. The van der Waals surface area contributed by atoms with E-state index in [-0.39, 0.29) is 16.7 Å². The maximum absolute atomic E-state index is 11.4. The average molecular weight is 486 g/mol. The summed E-state index contributed by atoms with van der Waals surface area (Å²) in [6, 6.07) is 0.444. The molecule has 2 bridgehead atoms. The van der Waals surface area contributed by atoms with Crippen LogP contribution in [0.1, 0.15) is 58.3 Å². The van der Waals surface area contributed by atoms with E-state index >= 15 is 0 Å². The van der Waals surface area contributed by atoms with E-state index in [0.717, 1.165) is 48.1 Å². The number of nitrogens with one attached hydrogen (secondary N) is 5. The van der Waals surface area contributed by atoms with E-state index in [1.165, 1.54) is 44.9 Å². The largest absolute Gasteiger partial charge is 0.507 e. The Hall–Kier alpha value is -1.92. The molecule has 0 aromatic heterocycles. The van der Waals surface area contributed by atoms with Crippen molar-refractivity contribution in [2.45, 2.75) is 75.4 Å². The molecule has 190 valence electrons. The summed E-state index contributed by atoms with van der Waals surface area (Å²) in [6.07, 6.45) is 14.2. The van der Waals surface area contributed by atoms with Crippen molar-refractivity contribution in [2.24, 2.45) is 46.3 Å². The van der Waals surface area contributed by atoms with E-state index in [1.54, 1.807) is 0 Å². The van der Waals surface area contributed by atoms with E-state index in [1.807, 2.05) is 26.2 Å². The van der Waals surface area contributed by atoms with Crippen molar-refractivity contribution < 1.29 is 5.11 Å². The van der Waals surface area contributed by atoms with Crippen LogP contribution in [0.15, 0.2) is 34.8 Å². The summed E-state index contributed by atoms with van der Waals surface area (Å²) in [5.41, 5.74) is 3.82. The summed E-state index contributed by atoms with van der Waals surface area (Å²) in [5, 5.41) is 41.3. The minimum absolute atomic E-state index is 0.158. The number of piperidine rings is 1. The molecule has 0 aromatic rings. The van der Waals surface area contributed by atoms with Gasteiger partial charge in [-0.2, -0.15) is 0 Å². The SMILES string of the molecule is CN/C=C1/C=C(C(=N)C2(NC3CCNC4(CC4)C3)C3CC4CC5C6CC7CC3C76C452)C(O)=C(C)C1=N. The van der Waals surface area contributed by atoms with Crippen LogP contribution in [0.25, 0.3) is 0 Å². The molecule has 6 nitrogen and oxygen atoms in total. The Morgan fingerprint density at radius 2 is 1.83 bits per heavy atom. The van der Waals surface area contributed by atoms with Gasteiger partial charge in [-0.15, -0.1) is 0 Å². The molecule has 9 rings (SSSR count). The first-order chi connectivity index (χ1) is 17.4. The van der Waals surface area contributed by atoms with Gasteiger partial charge in [-0.3, -0.25) is 5.41 Å². The van der Waals surface area contributed by atoms with Gasteiger partial charge in [0.25, 0.3) is 0 Å². The molecular formula is C30H39N5O. The first kappa shape index (κ1) is 21.1. The Balaban J connectivity index is 1.21. The summed E-state index contributed by atoms with van der Waals surface area (Å²) in [6.45, 7) is 2.92. The van der Waals surface area contributed by atoms with Gasteiger partial charge in [0.15, 0.2) is 0 Å². The molecule has 1 heterocycles. The summed E-state index contributed by atoms with van der Waals surface area (Å²) < 4.78 is 0. The lowest BCUT2D eigenvalue weighted by molar-refractivity contribution is -0.439. The van der Waals surface area contributed by atoms with Gasteiger partial charge in [-0.25, -0.2) is 0 Å². The van der Waals surface area contributed by atoms with Crippen LogP contribution in [0.2, 0.25) is 0 Å². The minimum atomic E-state index is -0.320. The zero-order valence-corrected chi connectivity index (χ0v) is 21.5. The lowest BCUT2D eigenvalue weighted by Gasteiger charge is -2.91. The van der Waals surface area contributed by atoms with Crippen LogP contribution in [0.3, 0.4) is 0 Å². The molecule has 6 heteroatoms. The van der Waals surface area contributed by atoms with Crippen LogP contribution in [-0.4, -0.2) is 47.2 Å². The molecule has 8 fully saturated rings. The van der Waals surface area contributed by atoms with Gasteiger partial charge in [0.05, 0.1) is 17.0 Å². The van der Waals surface area contributed by atoms with Gasteiger partial charge < -0.3 is 26.5 Å². The second-order valence-corrected chi connectivity index (χ2v) is 14.1. The van der Waals surface area contributed by atoms with Crippen molar-refractivity contribution in [3.05, 3.63) is 34.8 Å². The Morgan fingerprint density at radius 3 is 2.56 bits per heavy atom. The molecule has 8 aliphatic carbocycles. The Kier molecular flexibility index (Phi) is 3.53. The highest BCUT2D eigenvalue weighted by molar-refractivity contribution is 6.20. The highest BCUT2D eigenvalue weighted by Gasteiger charge is 3.02. The van der Waals surface area contributed by atoms with Crippen molar-refractivity contribution in [2.75, 3.05) is 13.6 Å². The third-order valence-electron chi connectivity index (χ3n) is 13.6. The number of aliphatic hydroxyl groups is 1. The van der Waals surface area contributed by atoms with Crippen molar-refractivity contribution in [1.29, 1.82) is 10.8 Å². The standard InChI is InChI=1S/C30H39N5O/c1-14-24(31)15(13-33-2)7-19(25(14)36)26(32)30(35-18-3-6-34-27(12-18)4-5-27)23-11-17-10-22-20-8-16-9-21(23)28(16,20)29(17,22)30/h7,13,16-18,20-23,31-36H,3-6,8-12H2,1-2H3/b15-13-,31-24?,32-26?. The molecule has 3 spiro atoms. The molecular weight excluding hydrogens is 446 g/mol. The van der Waals surface area contributed by atoms with E-state index in [9.17, 15) is 10.5 Å². The zero-order valence-electron chi connectivity index (χ0n) is 21.5. The first-order valence-corrected chi connectivity index (χ1v) is 14.6. The quantitative estimate of drug-likeness (QED) is 0.333. The van der Waals surface area contributed by atoms with Crippen LogP contribution in [0, 0.1) is 57.2 Å². The van der Waals surface area contributed by atoms with Crippen LogP contribution in [0.4, 0.5) is 0 Å². The predicted octanol–water partition coefficient (Wildman–Crippen LogP) is 3.83. The van der Waals surface area contributed by atoms with Gasteiger partial charge in [0.2, 0.25) is 0 Å². The molecule has 10 atom stereocenters. The molecule has 0 amide bonds. The normalized spacial score (nSPS) is 54.6. The van der Waals surface area contributed by atoms with E-state index in [4.69, 9.17) is 5.41 Å². The van der Waals surface area contributed by atoms with E-state index in [2.05, 4.69) is 16.0 Å². The fourth-order valence-corrected chi connectivity index (χ4v) is 12.7. The fourth-order valence-electron chi connectivity index (χ4n) is 12.7. The maximum atomic E-state index is 11.4. The maximum Gasteiger partial charge on any atom is 0.129 e. The highest BCUT2D eigenvalue weighted by Crippen LogP contribution is 3.02. The monoisotopic (exact) mass is 485 g/mol. The predicted molar refractivity (Wildman–Crippen MR) is 139 cm³/mol. The van der Waals surface area contributed by atoms with Crippen molar-refractivity contribution >= 4 is 11.4 Å². The lowest BCUT2D eigenvalue weighted by Crippen LogP contribution is -2.90. The first-order valence-electron chi connectivity index (χ1n) is 14.6. The highest BCUT2D eigenvalue weighted by atomic mass is 16.3. The molecule has 9 aliphatic rings. The van der Waals surface area contributed by atoms with Crippen molar-refractivity contribution in [3.8, 4) is 0 Å². The topological polar surface area (TPSA) is 104 Å². The third kappa shape index (κ3) is 1.80. The number of hydrogen-bond acceptors (Lipinski definition) is 6. The van der Waals surface area contributed by atoms with E-state index < -0.39 is 0 Å². The number of aliphatic hydroxyl groups excluding tert-OH is 1. The van der Waals surface area contributed by atoms with Crippen molar-refractivity contribution in [1.82, 2.24) is 16.0 Å². The number of allylic oxidation sites excluding steroid dienone is 4. The fraction of sp³-hybridized carbons (Fsp3) is 0.733. The summed E-state index contributed by atoms with van der Waals surface area (Å²) in [7, 11) is 1.85. The van der Waals surface area contributed by atoms with Gasteiger partial charge in [-0.05, 0) is 112 Å². The number of fused-ring (bicyclic) bond motifs is 3. The average Bonchev–Trinajstić information content (AvgIpc) is 3.49. The molecule has 10 unspecified atom stereocenters. The van der Waals surface area contributed by atoms with Crippen LogP contribution >= 0.6 is 0 Å². The van der Waals surface area contributed by atoms with Crippen LogP contribution in [-0.2, 0) is 0 Å². The Morgan fingerprint density at radius 1 is 1.11 bits per heavy atom. The minimum Gasteiger partial charge on any atom is -0.507 e. The van der Waals surface area contributed by atoms with Crippen LogP contribution < -0.4 is 16.0 Å². The third-order valence-corrected chi connectivity index (χ3v) is 13.6. The van der Waals surface area contributed by atoms with Gasteiger partial charge in [0.1, 0.15) is 5.76 Å². The zero-order chi connectivity index (χ0) is 24.4. The molecule has 0 radical (unpaired) electrons. The lowest BCUT2D eigenvalue weighted by atomic mass is 9.12. The van der Waals surface area contributed by atoms with Gasteiger partial charge in [-0.1, -0.05) is 0 Å². The van der Waals surface area contributed by atoms with Gasteiger partial charge in [0, 0.05) is 47.0 Å². The van der Waals surface area contributed by atoms with Crippen molar-refractivity contribution in [3.63, 3.8) is 0 Å². The second kappa shape index (κ2) is 6.04. The van der Waals surface area contributed by atoms with E-state index in [0.29, 0.717) is 45.5 Å². The molecule has 1 saturated heterocycles.